The van der Waals surface area contributed by atoms with Gasteiger partial charge in [0.2, 0.25) is 0 Å². The number of benzene rings is 1. The lowest BCUT2D eigenvalue weighted by Gasteiger charge is -2.30. The van der Waals surface area contributed by atoms with Gasteiger partial charge in [0.05, 0.1) is 27.8 Å². The van der Waals surface area contributed by atoms with E-state index in [4.69, 9.17) is 4.74 Å². The van der Waals surface area contributed by atoms with Gasteiger partial charge in [-0.1, -0.05) is 23.5 Å². The number of carbonyl (C=O) groups is 1. The second-order valence-electron chi connectivity index (χ2n) is 6.76. The number of nitrogens with one attached hydrogen (secondary N) is 1. The average molecular weight is 396 g/mol. The third-order valence-corrected chi connectivity index (χ3v) is 7.54. The molecule has 2 saturated heterocycles. The lowest BCUT2D eigenvalue weighted by atomic mass is 10.2. The van der Waals surface area contributed by atoms with Crippen molar-refractivity contribution in [1.29, 1.82) is 0 Å². The summed E-state index contributed by atoms with van der Waals surface area (Å²) >= 11 is 1.41. The number of hydrogen-bond donors (Lipinski definition) is 1. The van der Waals surface area contributed by atoms with Crippen LogP contribution in [0.1, 0.15) is 19.3 Å². The number of fused-ring (bicyclic) bond motifs is 1. The Hall–Kier alpha value is -1.71. The van der Waals surface area contributed by atoms with E-state index in [9.17, 15) is 13.2 Å². The second kappa shape index (κ2) is 7.13. The van der Waals surface area contributed by atoms with Crippen molar-refractivity contribution >= 4 is 42.6 Å². The van der Waals surface area contributed by atoms with Crippen molar-refractivity contribution in [3.8, 4) is 0 Å². The number of urea groups is 1. The van der Waals surface area contributed by atoms with Crippen LogP contribution < -0.4 is 5.32 Å². The number of para-hydroxylation sites is 1. The number of anilines is 1. The second-order valence-corrected chi connectivity index (χ2v) is 10.0. The quantitative estimate of drug-likeness (QED) is 0.859. The minimum atomic E-state index is -3.08. The predicted octanol–water partition coefficient (Wildman–Crippen LogP) is 2.50. The Morgan fingerprint density at radius 1 is 1.35 bits per heavy atom. The van der Waals surface area contributed by atoms with Gasteiger partial charge in [0, 0.05) is 19.2 Å². The Morgan fingerprint density at radius 2 is 2.19 bits per heavy atom. The number of sulfone groups is 1. The van der Waals surface area contributed by atoms with E-state index in [-0.39, 0.29) is 29.7 Å². The highest BCUT2D eigenvalue weighted by atomic mass is 32.2. The average Bonchev–Trinajstić information content (AvgIpc) is 3.31. The molecule has 26 heavy (non-hydrogen) atoms. The topological polar surface area (TPSA) is 88.6 Å². The van der Waals surface area contributed by atoms with Crippen LogP contribution in [0.25, 0.3) is 10.2 Å². The number of aromatic nitrogens is 1. The zero-order valence-corrected chi connectivity index (χ0v) is 15.9. The van der Waals surface area contributed by atoms with Crippen LogP contribution >= 0.6 is 11.3 Å². The standard InChI is InChI=1S/C17H21N3O4S2/c21-17(19-16-18-14-5-1-2-6-15(14)25-16)20(10-13-4-3-8-24-13)12-7-9-26(22,23)11-12/h1-2,5-6,12-13H,3-4,7-11H2,(H,18,19,21). The smallest absolute Gasteiger partial charge is 0.324 e. The van der Waals surface area contributed by atoms with Gasteiger partial charge in [0.15, 0.2) is 15.0 Å². The van der Waals surface area contributed by atoms with Gasteiger partial charge in [-0.3, -0.25) is 5.32 Å². The van der Waals surface area contributed by atoms with Crippen LogP contribution in [0.3, 0.4) is 0 Å². The maximum Gasteiger partial charge on any atom is 0.324 e. The Balaban J connectivity index is 1.52. The molecule has 0 spiro atoms. The zero-order valence-electron chi connectivity index (χ0n) is 14.3. The number of ether oxygens (including phenoxy) is 1. The number of carbonyl (C=O) groups excluding carboxylic acids is 1. The van der Waals surface area contributed by atoms with Crippen LogP contribution in [-0.2, 0) is 14.6 Å². The van der Waals surface area contributed by atoms with Gasteiger partial charge in [0.1, 0.15) is 0 Å². The van der Waals surface area contributed by atoms with Crippen LogP contribution in [-0.4, -0.2) is 61.1 Å². The number of nitrogens with zero attached hydrogens (tertiary/aromatic N) is 2. The van der Waals surface area contributed by atoms with E-state index >= 15 is 0 Å². The Bertz CT molecular complexity index is 873. The first-order chi connectivity index (χ1) is 12.5. The fourth-order valence-electron chi connectivity index (χ4n) is 3.52. The molecule has 2 aliphatic rings. The maximum atomic E-state index is 12.9. The van der Waals surface area contributed by atoms with Crippen molar-refractivity contribution in [2.45, 2.75) is 31.4 Å². The largest absolute Gasteiger partial charge is 0.376 e. The van der Waals surface area contributed by atoms with E-state index < -0.39 is 9.84 Å². The van der Waals surface area contributed by atoms with Crippen molar-refractivity contribution in [1.82, 2.24) is 9.88 Å². The summed E-state index contributed by atoms with van der Waals surface area (Å²) in [7, 11) is -3.08. The van der Waals surface area contributed by atoms with Crippen LogP contribution in [0, 0.1) is 0 Å². The zero-order chi connectivity index (χ0) is 18.1. The van der Waals surface area contributed by atoms with Gasteiger partial charge in [-0.05, 0) is 31.4 Å². The number of hydrogen-bond acceptors (Lipinski definition) is 6. The first-order valence-electron chi connectivity index (χ1n) is 8.75. The molecule has 9 heteroatoms. The molecule has 2 aliphatic heterocycles. The van der Waals surface area contributed by atoms with E-state index in [1.807, 2.05) is 24.3 Å². The van der Waals surface area contributed by atoms with Gasteiger partial charge in [-0.15, -0.1) is 0 Å². The van der Waals surface area contributed by atoms with Crippen LogP contribution in [0.2, 0.25) is 0 Å². The predicted molar refractivity (Wildman–Crippen MR) is 101 cm³/mol. The molecule has 2 fully saturated rings. The molecule has 0 radical (unpaired) electrons. The molecule has 140 valence electrons. The molecule has 7 nitrogen and oxygen atoms in total. The molecule has 0 bridgehead atoms. The summed E-state index contributed by atoms with van der Waals surface area (Å²) in [6, 6.07) is 7.08. The Kier molecular flexibility index (Phi) is 4.85. The molecule has 4 rings (SSSR count). The monoisotopic (exact) mass is 395 g/mol. The summed E-state index contributed by atoms with van der Waals surface area (Å²) in [6.07, 6.45) is 2.31. The SMILES string of the molecule is O=C(Nc1nc2ccccc2s1)N(CC1CCCO1)C1CCS(=O)(=O)C1. The van der Waals surface area contributed by atoms with Crippen molar-refractivity contribution in [3.63, 3.8) is 0 Å². The highest BCUT2D eigenvalue weighted by molar-refractivity contribution is 7.91. The van der Waals surface area contributed by atoms with Crippen molar-refractivity contribution < 1.29 is 17.9 Å². The minimum Gasteiger partial charge on any atom is -0.376 e. The third-order valence-electron chi connectivity index (χ3n) is 4.84. The van der Waals surface area contributed by atoms with Gasteiger partial charge in [0.25, 0.3) is 0 Å². The van der Waals surface area contributed by atoms with E-state index in [2.05, 4.69) is 10.3 Å². The summed E-state index contributed by atoms with van der Waals surface area (Å²) in [5, 5.41) is 3.38. The molecule has 0 saturated carbocycles. The number of thiazole rings is 1. The van der Waals surface area contributed by atoms with Crippen molar-refractivity contribution in [3.05, 3.63) is 24.3 Å². The molecular weight excluding hydrogens is 374 g/mol. The van der Waals surface area contributed by atoms with E-state index in [1.165, 1.54) is 11.3 Å². The fourth-order valence-corrected chi connectivity index (χ4v) is 6.10. The first kappa shape index (κ1) is 17.7. The lowest BCUT2D eigenvalue weighted by molar-refractivity contribution is 0.0751. The van der Waals surface area contributed by atoms with Gasteiger partial charge in [-0.2, -0.15) is 0 Å². The molecule has 2 aromatic rings. The molecule has 2 unspecified atom stereocenters. The molecular formula is C17H21N3O4S2. The van der Waals surface area contributed by atoms with Crippen LogP contribution in [0.4, 0.5) is 9.93 Å². The highest BCUT2D eigenvalue weighted by Gasteiger charge is 2.36. The molecule has 0 aliphatic carbocycles. The highest BCUT2D eigenvalue weighted by Crippen LogP contribution is 2.27. The Labute approximate surface area is 156 Å². The van der Waals surface area contributed by atoms with Crippen molar-refractivity contribution in [2.24, 2.45) is 0 Å². The third kappa shape index (κ3) is 3.84. The molecule has 1 N–H and O–H groups in total. The van der Waals surface area contributed by atoms with E-state index in [0.717, 1.165) is 23.1 Å². The number of rotatable bonds is 4. The van der Waals surface area contributed by atoms with Gasteiger partial charge < -0.3 is 9.64 Å². The maximum absolute atomic E-state index is 12.9. The lowest BCUT2D eigenvalue weighted by Crippen LogP contribution is -2.47. The summed E-state index contributed by atoms with van der Waals surface area (Å²) < 4.78 is 30.4. The fraction of sp³-hybridized carbons (Fsp3) is 0.529. The van der Waals surface area contributed by atoms with E-state index in [1.54, 1.807) is 4.90 Å². The number of amides is 2. The minimum absolute atomic E-state index is 0.0208. The van der Waals surface area contributed by atoms with Crippen LogP contribution in [0.15, 0.2) is 24.3 Å². The summed E-state index contributed by atoms with van der Waals surface area (Å²) in [6.45, 7) is 1.11. The van der Waals surface area contributed by atoms with Gasteiger partial charge in [-0.25, -0.2) is 18.2 Å². The molecule has 3 heterocycles. The normalized spacial score (nSPS) is 24.8. The molecule has 1 aromatic heterocycles. The molecule has 2 atom stereocenters. The Morgan fingerprint density at radius 3 is 2.88 bits per heavy atom. The van der Waals surface area contributed by atoms with Gasteiger partial charge >= 0.3 is 6.03 Å². The molecule has 1 aromatic carbocycles. The molecule has 2 amide bonds. The summed E-state index contributed by atoms with van der Waals surface area (Å²) in [4.78, 5) is 19.0. The summed E-state index contributed by atoms with van der Waals surface area (Å²) in [5.41, 5.74) is 0.835. The first-order valence-corrected chi connectivity index (χ1v) is 11.4. The van der Waals surface area contributed by atoms with Crippen molar-refractivity contribution in [2.75, 3.05) is 30.0 Å². The van der Waals surface area contributed by atoms with Crippen LogP contribution in [0.5, 0.6) is 0 Å². The summed E-state index contributed by atoms with van der Waals surface area (Å²) in [5.74, 6) is 0.154. The van der Waals surface area contributed by atoms with E-state index in [0.29, 0.717) is 24.7 Å².